The number of hydrogen-bond acceptors (Lipinski definition) is 6. The van der Waals surface area contributed by atoms with Crippen LogP contribution >= 0.6 is 23.1 Å². The summed E-state index contributed by atoms with van der Waals surface area (Å²) in [5.74, 6) is 0.821. The van der Waals surface area contributed by atoms with E-state index in [-0.39, 0.29) is 17.6 Å². The van der Waals surface area contributed by atoms with Gasteiger partial charge in [-0.2, -0.15) is 11.3 Å². The average Bonchev–Trinajstić information content (AvgIpc) is 3.35. The van der Waals surface area contributed by atoms with Gasteiger partial charge in [-0.3, -0.25) is 9.59 Å². The Morgan fingerprint density at radius 3 is 2.54 bits per heavy atom. The summed E-state index contributed by atoms with van der Waals surface area (Å²) in [6.07, 6.45) is 0. The van der Waals surface area contributed by atoms with E-state index >= 15 is 0 Å². The summed E-state index contributed by atoms with van der Waals surface area (Å²) in [6.45, 7) is 2.75. The number of thiophene rings is 1. The number of amides is 2. The number of rotatable bonds is 7. The lowest BCUT2D eigenvalue weighted by atomic mass is 10.2. The second-order valence-electron chi connectivity index (χ2n) is 6.18. The number of carbonyl (C=O) groups is 2. The largest absolute Gasteiger partial charge is 0.345 e. The van der Waals surface area contributed by atoms with Crippen molar-refractivity contribution in [2.24, 2.45) is 0 Å². The predicted octanol–water partition coefficient (Wildman–Crippen LogP) is 3.46. The third kappa shape index (κ3) is 4.60. The molecule has 0 fully saturated rings. The fraction of sp³-hybridized carbons (Fsp3) is 0.263. The maximum atomic E-state index is 12.3. The number of carbonyl (C=O) groups excluding carboxylic acids is 2. The zero-order chi connectivity index (χ0) is 20.1. The van der Waals surface area contributed by atoms with Crippen LogP contribution in [0.25, 0.3) is 11.4 Å². The summed E-state index contributed by atoms with van der Waals surface area (Å²) in [4.78, 5) is 25.7. The third-order valence-electron chi connectivity index (χ3n) is 3.97. The van der Waals surface area contributed by atoms with E-state index in [4.69, 9.17) is 0 Å². The fourth-order valence-electron chi connectivity index (χ4n) is 2.57. The quantitative estimate of drug-likeness (QED) is 0.598. The molecule has 1 aromatic carbocycles. The Bertz CT molecular complexity index is 949. The minimum absolute atomic E-state index is 0.0752. The van der Waals surface area contributed by atoms with Gasteiger partial charge in [-0.15, -0.1) is 10.2 Å². The molecule has 3 aromatic rings. The highest BCUT2D eigenvalue weighted by Gasteiger charge is 2.15. The Labute approximate surface area is 171 Å². The van der Waals surface area contributed by atoms with Crippen LogP contribution in [0.15, 0.2) is 46.2 Å². The summed E-state index contributed by atoms with van der Waals surface area (Å²) in [6, 6.07) is 8.86. The average molecular weight is 416 g/mol. The number of hydrogen-bond donors (Lipinski definition) is 1. The number of nitrogens with one attached hydrogen (secondary N) is 1. The molecule has 28 heavy (non-hydrogen) atoms. The van der Waals surface area contributed by atoms with Crippen LogP contribution in [0.2, 0.25) is 0 Å². The number of aromatic nitrogens is 3. The highest BCUT2D eigenvalue weighted by atomic mass is 32.2. The number of anilines is 1. The molecule has 2 heterocycles. The molecule has 3 rings (SSSR count). The molecule has 0 bridgehead atoms. The molecule has 0 atom stereocenters. The summed E-state index contributed by atoms with van der Waals surface area (Å²) >= 11 is 2.96. The molecule has 0 radical (unpaired) electrons. The van der Waals surface area contributed by atoms with Crippen molar-refractivity contribution in [3.8, 4) is 11.4 Å². The highest BCUT2D eigenvalue weighted by molar-refractivity contribution is 7.99. The lowest BCUT2D eigenvalue weighted by Gasteiger charge is -2.11. The van der Waals surface area contributed by atoms with E-state index in [0.29, 0.717) is 16.4 Å². The molecule has 9 heteroatoms. The van der Waals surface area contributed by atoms with Crippen LogP contribution < -0.4 is 5.32 Å². The van der Waals surface area contributed by atoms with Gasteiger partial charge in [0.1, 0.15) is 0 Å². The Hall–Kier alpha value is -2.65. The maximum absolute atomic E-state index is 12.3. The molecule has 0 spiro atoms. The summed E-state index contributed by atoms with van der Waals surface area (Å²) in [5.41, 5.74) is 2.26. The minimum atomic E-state index is -0.139. The molecule has 0 aliphatic heterocycles. The van der Waals surface area contributed by atoms with Crippen molar-refractivity contribution in [1.29, 1.82) is 0 Å². The van der Waals surface area contributed by atoms with Crippen molar-refractivity contribution in [3.63, 3.8) is 0 Å². The summed E-state index contributed by atoms with van der Waals surface area (Å²) in [5, 5.41) is 16.1. The minimum Gasteiger partial charge on any atom is -0.345 e. The first kappa shape index (κ1) is 20.1. The van der Waals surface area contributed by atoms with Crippen LogP contribution in [-0.4, -0.2) is 51.3 Å². The van der Waals surface area contributed by atoms with Gasteiger partial charge in [0.25, 0.3) is 5.91 Å². The first-order valence-electron chi connectivity index (χ1n) is 8.69. The van der Waals surface area contributed by atoms with E-state index in [9.17, 15) is 9.59 Å². The monoisotopic (exact) mass is 415 g/mol. The van der Waals surface area contributed by atoms with E-state index in [1.54, 1.807) is 49.7 Å². The Balaban J connectivity index is 1.60. The first-order valence-corrected chi connectivity index (χ1v) is 10.6. The Kier molecular flexibility index (Phi) is 6.48. The summed E-state index contributed by atoms with van der Waals surface area (Å²) < 4.78 is 2.00. The number of nitrogens with zero attached hydrogens (tertiary/aromatic N) is 4. The van der Waals surface area contributed by atoms with E-state index in [2.05, 4.69) is 15.5 Å². The first-order chi connectivity index (χ1) is 13.5. The number of benzene rings is 1. The zero-order valence-electron chi connectivity index (χ0n) is 15.9. The second-order valence-corrected chi connectivity index (χ2v) is 7.90. The molecular weight excluding hydrogens is 394 g/mol. The van der Waals surface area contributed by atoms with Crippen molar-refractivity contribution >= 4 is 40.6 Å². The van der Waals surface area contributed by atoms with Gasteiger partial charge in [0.2, 0.25) is 5.91 Å². The van der Waals surface area contributed by atoms with Gasteiger partial charge in [0, 0.05) is 42.8 Å². The second kappa shape index (κ2) is 9.03. The SMILES string of the molecule is CCn1c(SCC(=O)Nc2ccc(C(=O)N(C)C)cc2)nnc1-c1ccsc1. The Morgan fingerprint density at radius 2 is 1.93 bits per heavy atom. The van der Waals surface area contributed by atoms with Gasteiger partial charge in [-0.05, 0) is 42.6 Å². The highest BCUT2D eigenvalue weighted by Crippen LogP contribution is 2.25. The molecule has 2 aromatic heterocycles. The van der Waals surface area contributed by atoms with Gasteiger partial charge in [-0.1, -0.05) is 11.8 Å². The van der Waals surface area contributed by atoms with E-state index < -0.39 is 0 Å². The predicted molar refractivity (Wildman–Crippen MR) is 113 cm³/mol. The molecule has 7 nitrogen and oxygen atoms in total. The van der Waals surface area contributed by atoms with Crippen LogP contribution in [0, 0.1) is 0 Å². The van der Waals surface area contributed by atoms with Gasteiger partial charge >= 0.3 is 0 Å². The van der Waals surface area contributed by atoms with Gasteiger partial charge < -0.3 is 14.8 Å². The lowest BCUT2D eigenvalue weighted by molar-refractivity contribution is -0.113. The van der Waals surface area contributed by atoms with Gasteiger partial charge in [0.15, 0.2) is 11.0 Å². The standard InChI is InChI=1S/C19H21N5O2S2/c1-4-24-17(14-9-10-27-11-14)21-22-19(24)28-12-16(25)20-15-7-5-13(6-8-15)18(26)23(2)3/h5-11H,4,12H2,1-3H3,(H,20,25). The normalized spacial score (nSPS) is 10.7. The van der Waals surface area contributed by atoms with Crippen LogP contribution in [-0.2, 0) is 11.3 Å². The van der Waals surface area contributed by atoms with Crippen molar-refractivity contribution in [2.75, 3.05) is 25.2 Å². The van der Waals surface area contributed by atoms with E-state index in [1.807, 2.05) is 28.3 Å². The molecule has 0 aliphatic rings. The van der Waals surface area contributed by atoms with E-state index in [1.165, 1.54) is 16.7 Å². The fourth-order valence-corrected chi connectivity index (χ4v) is 4.00. The van der Waals surface area contributed by atoms with E-state index in [0.717, 1.165) is 17.9 Å². The van der Waals surface area contributed by atoms with Crippen molar-refractivity contribution in [1.82, 2.24) is 19.7 Å². The van der Waals surface area contributed by atoms with Crippen LogP contribution in [0.3, 0.4) is 0 Å². The molecule has 1 N–H and O–H groups in total. The van der Waals surface area contributed by atoms with Crippen molar-refractivity contribution < 1.29 is 9.59 Å². The topological polar surface area (TPSA) is 80.1 Å². The third-order valence-corrected chi connectivity index (χ3v) is 5.62. The lowest BCUT2D eigenvalue weighted by Crippen LogP contribution is -2.21. The van der Waals surface area contributed by atoms with Gasteiger partial charge in [-0.25, -0.2) is 0 Å². The zero-order valence-corrected chi connectivity index (χ0v) is 17.5. The molecule has 0 aliphatic carbocycles. The van der Waals surface area contributed by atoms with Gasteiger partial charge in [0.05, 0.1) is 5.75 Å². The van der Waals surface area contributed by atoms with Crippen LogP contribution in [0.5, 0.6) is 0 Å². The Morgan fingerprint density at radius 1 is 1.18 bits per heavy atom. The molecule has 0 unspecified atom stereocenters. The van der Waals surface area contributed by atoms with Crippen LogP contribution in [0.4, 0.5) is 5.69 Å². The summed E-state index contributed by atoms with van der Waals surface area (Å²) in [7, 11) is 3.40. The molecule has 2 amide bonds. The molecule has 0 saturated heterocycles. The number of thioether (sulfide) groups is 1. The van der Waals surface area contributed by atoms with Crippen molar-refractivity contribution in [2.45, 2.75) is 18.6 Å². The molecule has 0 saturated carbocycles. The molecule has 146 valence electrons. The van der Waals surface area contributed by atoms with Crippen molar-refractivity contribution in [3.05, 3.63) is 46.7 Å². The smallest absolute Gasteiger partial charge is 0.253 e. The maximum Gasteiger partial charge on any atom is 0.253 e. The van der Waals surface area contributed by atoms with Crippen LogP contribution in [0.1, 0.15) is 17.3 Å². The molecular formula is C19H21N5O2S2.